The Morgan fingerprint density at radius 3 is 2.43 bits per heavy atom. The summed E-state index contributed by atoms with van der Waals surface area (Å²) < 4.78 is 6.15. The highest BCUT2D eigenvalue weighted by atomic mass is 16.5. The van der Waals surface area contributed by atoms with Crippen LogP contribution in [-0.4, -0.2) is 64.1 Å². The van der Waals surface area contributed by atoms with Crippen molar-refractivity contribution in [3.8, 4) is 5.75 Å². The molecule has 3 aromatic rings. The smallest absolute Gasteiger partial charge is 0.455 e. The number of carbonyl (C=O) groups is 2. The highest BCUT2D eigenvalue weighted by Gasteiger charge is 2.58. The van der Waals surface area contributed by atoms with Crippen LogP contribution in [0.3, 0.4) is 0 Å². The highest BCUT2D eigenvalue weighted by molar-refractivity contribution is 6.43. The van der Waals surface area contributed by atoms with Crippen LogP contribution in [0.4, 0.5) is 0 Å². The number of benzene rings is 3. The third-order valence-corrected chi connectivity index (χ3v) is 10.8. The first-order chi connectivity index (χ1) is 22.3. The van der Waals surface area contributed by atoms with Gasteiger partial charge >= 0.3 is 7.12 Å². The summed E-state index contributed by atoms with van der Waals surface area (Å²) in [5, 5.41) is 23.0. The van der Waals surface area contributed by atoms with E-state index in [1.54, 1.807) is 11.0 Å². The van der Waals surface area contributed by atoms with E-state index < -0.39 is 13.0 Å². The van der Waals surface area contributed by atoms with Crippen LogP contribution >= 0.6 is 0 Å². The molecule has 0 saturated carbocycles. The zero-order chi connectivity index (χ0) is 31.9. The van der Waals surface area contributed by atoms with E-state index in [0.717, 1.165) is 66.4 Å². The minimum atomic E-state index is -0.964. The molecular weight excluding hydrogens is 575 g/mol. The standard InChI is InChI=1S/C38H43BN2O5/c1-24(20-27-13-14-33(42)30-11-7-6-10-29(27)30)12-15-34-35-25(2)21-31-36(32(35)22-39(45)46-34)38(44)41(37(31)43)28-16-18-40(19-17-28)23-26-8-4-3-5-9-26/h3-11,13-14,20,28,31-32,34,36,42,45H,12,15-19,21-23H2,1-2H3/b24-20+/t31-,32+,34-,36-/m1/s1. The minimum absolute atomic E-state index is 0.0210. The molecule has 0 aromatic heterocycles. The molecule has 1 aliphatic carbocycles. The van der Waals surface area contributed by atoms with E-state index in [1.165, 1.54) is 11.1 Å². The zero-order valence-corrected chi connectivity index (χ0v) is 26.8. The number of piperidine rings is 1. The van der Waals surface area contributed by atoms with Gasteiger partial charge in [-0.3, -0.25) is 19.4 Å². The van der Waals surface area contributed by atoms with Crippen molar-refractivity contribution in [1.29, 1.82) is 0 Å². The topological polar surface area (TPSA) is 90.3 Å². The lowest BCUT2D eigenvalue weighted by Crippen LogP contribution is -2.48. The van der Waals surface area contributed by atoms with E-state index >= 15 is 0 Å². The number of amides is 2. The number of rotatable bonds is 7. The predicted molar refractivity (Wildman–Crippen MR) is 181 cm³/mol. The fourth-order valence-corrected chi connectivity index (χ4v) is 8.61. The van der Waals surface area contributed by atoms with Crippen molar-refractivity contribution in [2.75, 3.05) is 13.1 Å². The molecule has 2 N–H and O–H groups in total. The molecule has 8 heteroatoms. The van der Waals surface area contributed by atoms with Crippen LogP contribution in [0.15, 0.2) is 83.4 Å². The molecule has 2 amide bonds. The molecule has 7 rings (SSSR count). The molecule has 3 saturated heterocycles. The second kappa shape index (κ2) is 12.8. The van der Waals surface area contributed by atoms with E-state index in [9.17, 15) is 19.7 Å². The van der Waals surface area contributed by atoms with Crippen molar-refractivity contribution in [2.24, 2.45) is 17.8 Å². The largest absolute Gasteiger partial charge is 0.507 e. The number of aromatic hydroxyl groups is 1. The fourth-order valence-electron chi connectivity index (χ4n) is 8.61. The molecule has 0 spiro atoms. The van der Waals surface area contributed by atoms with Gasteiger partial charge in [-0.05, 0) is 86.3 Å². The monoisotopic (exact) mass is 618 g/mol. The predicted octanol–water partition coefficient (Wildman–Crippen LogP) is 6.21. The molecule has 238 valence electrons. The highest BCUT2D eigenvalue weighted by Crippen LogP contribution is 2.51. The Labute approximate surface area is 271 Å². The van der Waals surface area contributed by atoms with Crippen LogP contribution in [0, 0.1) is 17.8 Å². The third-order valence-electron chi connectivity index (χ3n) is 10.8. The molecule has 3 aliphatic heterocycles. The van der Waals surface area contributed by atoms with Gasteiger partial charge in [-0.25, -0.2) is 0 Å². The maximum absolute atomic E-state index is 14.1. The fraction of sp³-hybridized carbons (Fsp3) is 0.421. The number of phenolic OH excluding ortho intramolecular Hbond substituents is 1. The number of nitrogens with zero attached hydrogens (tertiary/aromatic N) is 2. The summed E-state index contributed by atoms with van der Waals surface area (Å²) in [6, 6.07) is 21.9. The Kier molecular flexibility index (Phi) is 8.62. The Bertz CT molecular complexity index is 1700. The van der Waals surface area contributed by atoms with E-state index in [1.807, 2.05) is 36.4 Å². The summed E-state index contributed by atoms with van der Waals surface area (Å²) in [5.41, 5.74) is 5.75. The number of hydrogen-bond donors (Lipinski definition) is 2. The summed E-state index contributed by atoms with van der Waals surface area (Å²) in [6.45, 7) is 6.78. The first-order valence-corrected chi connectivity index (χ1v) is 16.8. The van der Waals surface area contributed by atoms with Gasteiger partial charge in [-0.2, -0.15) is 0 Å². The molecule has 0 bridgehead atoms. The molecule has 0 radical (unpaired) electrons. The van der Waals surface area contributed by atoms with E-state index in [0.29, 0.717) is 19.2 Å². The molecule has 3 heterocycles. The van der Waals surface area contributed by atoms with Crippen molar-refractivity contribution in [3.05, 3.63) is 94.6 Å². The average molecular weight is 619 g/mol. The minimum Gasteiger partial charge on any atom is -0.507 e. The van der Waals surface area contributed by atoms with Crippen molar-refractivity contribution in [3.63, 3.8) is 0 Å². The van der Waals surface area contributed by atoms with Gasteiger partial charge in [0.15, 0.2) is 0 Å². The maximum Gasteiger partial charge on any atom is 0.455 e. The van der Waals surface area contributed by atoms with Crippen LogP contribution in [0.5, 0.6) is 5.75 Å². The van der Waals surface area contributed by atoms with E-state index in [4.69, 9.17) is 4.65 Å². The van der Waals surface area contributed by atoms with Gasteiger partial charge in [0.25, 0.3) is 0 Å². The number of fused-ring (bicyclic) bond motifs is 4. The second-order valence-corrected chi connectivity index (χ2v) is 13.8. The van der Waals surface area contributed by atoms with Gasteiger partial charge < -0.3 is 14.8 Å². The first kappa shape index (κ1) is 30.9. The maximum atomic E-state index is 14.1. The Morgan fingerprint density at radius 1 is 0.957 bits per heavy atom. The molecule has 3 aromatic carbocycles. The Balaban J connectivity index is 1.04. The van der Waals surface area contributed by atoms with Crippen LogP contribution in [0.1, 0.15) is 57.1 Å². The quantitative estimate of drug-likeness (QED) is 0.186. The molecule has 46 heavy (non-hydrogen) atoms. The van der Waals surface area contributed by atoms with Gasteiger partial charge in [0.1, 0.15) is 5.75 Å². The average Bonchev–Trinajstić information content (AvgIpc) is 3.30. The summed E-state index contributed by atoms with van der Waals surface area (Å²) in [6.07, 6.45) is 5.81. The van der Waals surface area contributed by atoms with Crippen molar-refractivity contribution in [1.82, 2.24) is 9.80 Å². The van der Waals surface area contributed by atoms with Gasteiger partial charge in [-0.15, -0.1) is 0 Å². The number of hydrogen-bond acceptors (Lipinski definition) is 6. The van der Waals surface area contributed by atoms with Gasteiger partial charge in [0.05, 0.1) is 17.9 Å². The normalized spacial score (nSPS) is 26.2. The molecule has 7 nitrogen and oxygen atoms in total. The third kappa shape index (κ3) is 5.83. The van der Waals surface area contributed by atoms with Crippen LogP contribution in [-0.2, 0) is 20.8 Å². The first-order valence-electron chi connectivity index (χ1n) is 16.8. The Hall–Kier alpha value is -3.72. The summed E-state index contributed by atoms with van der Waals surface area (Å²) in [7, 11) is -0.964. The van der Waals surface area contributed by atoms with Crippen molar-refractivity contribution >= 4 is 35.8 Å². The molecular formula is C38H43BN2O5. The SMILES string of the molecule is CC1=C2[C@@H](CC/C(C)=C/c3ccc(O)c4ccccc34)OB(O)C[C@@H]2[C@@H]2C(=O)N(C3CCN(Cc4ccccc4)CC3)C(=O)[C@@H]2C1. The van der Waals surface area contributed by atoms with E-state index in [-0.39, 0.29) is 41.5 Å². The van der Waals surface area contributed by atoms with Crippen molar-refractivity contribution < 1.29 is 24.4 Å². The molecule has 3 fully saturated rings. The summed E-state index contributed by atoms with van der Waals surface area (Å²) in [5.74, 6) is -0.751. The summed E-state index contributed by atoms with van der Waals surface area (Å²) in [4.78, 5) is 32.0. The number of imide groups is 1. The molecule has 4 atom stereocenters. The number of phenols is 1. The molecule has 0 unspecified atom stereocenters. The van der Waals surface area contributed by atoms with E-state index in [2.05, 4.69) is 49.1 Å². The van der Waals surface area contributed by atoms with Crippen LogP contribution in [0.25, 0.3) is 16.8 Å². The van der Waals surface area contributed by atoms with Crippen molar-refractivity contribution in [2.45, 2.75) is 71.0 Å². The number of allylic oxidation sites excluding steroid dienone is 2. The lowest BCUT2D eigenvalue weighted by Gasteiger charge is -2.42. The number of carbonyl (C=O) groups excluding carboxylic acids is 2. The Morgan fingerprint density at radius 2 is 1.67 bits per heavy atom. The second-order valence-electron chi connectivity index (χ2n) is 13.8. The lowest BCUT2D eigenvalue weighted by molar-refractivity contribution is -0.144. The van der Waals surface area contributed by atoms with Crippen LogP contribution < -0.4 is 0 Å². The van der Waals surface area contributed by atoms with Gasteiger partial charge in [0.2, 0.25) is 11.8 Å². The lowest BCUT2D eigenvalue weighted by atomic mass is 9.59. The van der Waals surface area contributed by atoms with Crippen LogP contribution in [0.2, 0.25) is 6.32 Å². The molecule has 4 aliphatic rings. The zero-order valence-electron chi connectivity index (χ0n) is 26.8. The summed E-state index contributed by atoms with van der Waals surface area (Å²) >= 11 is 0. The number of likely N-dealkylation sites (tertiary alicyclic amines) is 2. The van der Waals surface area contributed by atoms with Gasteiger partial charge in [-0.1, -0.05) is 77.9 Å². The van der Waals surface area contributed by atoms with Gasteiger partial charge in [0, 0.05) is 31.1 Å².